The van der Waals surface area contributed by atoms with E-state index in [2.05, 4.69) is 10.3 Å². The molecule has 1 rings (SSSR count). The first-order valence-corrected chi connectivity index (χ1v) is 6.99. The molecule has 0 fully saturated rings. The Balaban J connectivity index is 2.90. The summed E-state index contributed by atoms with van der Waals surface area (Å²) in [5, 5.41) is 14.1. The predicted molar refractivity (Wildman–Crippen MR) is 76.2 cm³/mol. The van der Waals surface area contributed by atoms with Gasteiger partial charge in [-0.1, -0.05) is 20.8 Å². The number of carbonyl (C=O) groups excluding carboxylic acids is 1. The van der Waals surface area contributed by atoms with Crippen LogP contribution in [0.25, 0.3) is 0 Å². The van der Waals surface area contributed by atoms with Crippen molar-refractivity contribution in [2.45, 2.75) is 38.6 Å². The third-order valence-corrected chi connectivity index (χ3v) is 3.94. The summed E-state index contributed by atoms with van der Waals surface area (Å²) in [7, 11) is 1.38. The number of hydrogen-bond donors (Lipinski definition) is 2. The molecule has 2 N–H and O–H groups in total. The third-order valence-electron chi connectivity index (χ3n) is 2.67. The van der Waals surface area contributed by atoms with Gasteiger partial charge in [-0.25, -0.2) is 9.78 Å². The van der Waals surface area contributed by atoms with Crippen LogP contribution < -0.4 is 5.32 Å². The van der Waals surface area contributed by atoms with E-state index in [1.54, 1.807) is 5.38 Å². The van der Waals surface area contributed by atoms with Gasteiger partial charge in [-0.2, -0.15) is 0 Å². The van der Waals surface area contributed by atoms with Crippen molar-refractivity contribution >= 4 is 23.2 Å². The van der Waals surface area contributed by atoms with Crippen molar-refractivity contribution in [2.75, 3.05) is 13.7 Å². The number of nitrogens with one attached hydrogen (secondary N) is 1. The molecule has 20 heavy (non-hydrogen) atoms. The van der Waals surface area contributed by atoms with Crippen molar-refractivity contribution in [2.24, 2.45) is 0 Å². The van der Waals surface area contributed by atoms with Crippen LogP contribution in [0, 0.1) is 0 Å². The van der Waals surface area contributed by atoms with Crippen molar-refractivity contribution in [3.8, 4) is 0 Å². The quantitative estimate of drug-likeness (QED) is 0.863. The fourth-order valence-electron chi connectivity index (χ4n) is 1.48. The van der Waals surface area contributed by atoms with Crippen LogP contribution >= 0.6 is 11.3 Å². The van der Waals surface area contributed by atoms with Crippen molar-refractivity contribution < 1.29 is 19.4 Å². The monoisotopic (exact) mass is 300 g/mol. The van der Waals surface area contributed by atoms with Gasteiger partial charge in [0.2, 0.25) is 0 Å². The zero-order valence-electron chi connectivity index (χ0n) is 12.3. The standard InChI is InChI=1S/C13H20N2O4S/c1-12(2,3)10-14-8(6-20-10)9(16)15-13(4,7-19-5)11(17)18/h6H,7H2,1-5H3,(H,15,16)(H,17,18). The molecule has 6 nitrogen and oxygen atoms in total. The van der Waals surface area contributed by atoms with E-state index in [1.165, 1.54) is 25.4 Å². The molecule has 1 aromatic heterocycles. The summed E-state index contributed by atoms with van der Waals surface area (Å²) < 4.78 is 4.85. The van der Waals surface area contributed by atoms with E-state index in [0.717, 1.165) is 5.01 Å². The lowest BCUT2D eigenvalue weighted by atomic mass is 9.98. The Bertz CT molecular complexity index is 507. The van der Waals surface area contributed by atoms with Gasteiger partial charge in [0, 0.05) is 17.9 Å². The number of aromatic nitrogens is 1. The minimum Gasteiger partial charge on any atom is -0.479 e. The van der Waals surface area contributed by atoms with Gasteiger partial charge in [0.05, 0.1) is 11.6 Å². The molecule has 0 aliphatic carbocycles. The fourth-order valence-corrected chi connectivity index (χ4v) is 2.36. The molecule has 1 atom stereocenters. The van der Waals surface area contributed by atoms with Gasteiger partial charge >= 0.3 is 5.97 Å². The van der Waals surface area contributed by atoms with Crippen LogP contribution in [0.2, 0.25) is 0 Å². The summed E-state index contributed by atoms with van der Waals surface area (Å²) in [5.74, 6) is -1.67. The second-order valence-electron chi connectivity index (χ2n) is 5.81. The first-order valence-electron chi connectivity index (χ1n) is 6.11. The van der Waals surface area contributed by atoms with Crippen molar-refractivity contribution in [3.63, 3.8) is 0 Å². The summed E-state index contributed by atoms with van der Waals surface area (Å²) >= 11 is 1.38. The Kier molecular flexibility index (Phi) is 4.88. The number of aliphatic carboxylic acids is 1. The number of carboxylic acids is 1. The summed E-state index contributed by atoms with van der Waals surface area (Å²) in [6, 6.07) is 0. The highest BCUT2D eigenvalue weighted by Crippen LogP contribution is 2.25. The molecule has 0 spiro atoms. The van der Waals surface area contributed by atoms with E-state index < -0.39 is 17.4 Å². The lowest BCUT2D eigenvalue weighted by Crippen LogP contribution is -2.55. The van der Waals surface area contributed by atoms with E-state index in [1.807, 2.05) is 20.8 Å². The molecule has 0 saturated carbocycles. The number of thiazole rings is 1. The first kappa shape index (κ1) is 16.6. The molecule has 1 unspecified atom stereocenters. The summed E-state index contributed by atoms with van der Waals surface area (Å²) in [6.45, 7) is 7.28. The van der Waals surface area contributed by atoms with Gasteiger partial charge < -0.3 is 15.2 Å². The number of amides is 1. The summed E-state index contributed by atoms with van der Waals surface area (Å²) in [4.78, 5) is 27.6. The lowest BCUT2D eigenvalue weighted by Gasteiger charge is -2.24. The van der Waals surface area contributed by atoms with Crippen molar-refractivity contribution in [3.05, 3.63) is 16.1 Å². The number of carboxylic acid groups (broad SMARTS) is 1. The molecule has 0 radical (unpaired) electrons. The fraction of sp³-hybridized carbons (Fsp3) is 0.615. The molecule has 0 bridgehead atoms. The highest BCUT2D eigenvalue weighted by Gasteiger charge is 2.36. The number of hydrogen-bond acceptors (Lipinski definition) is 5. The number of nitrogens with zero attached hydrogens (tertiary/aromatic N) is 1. The normalized spacial score (nSPS) is 14.7. The lowest BCUT2D eigenvalue weighted by molar-refractivity contribution is -0.145. The van der Waals surface area contributed by atoms with Gasteiger partial charge in [0.15, 0.2) is 5.54 Å². The van der Waals surface area contributed by atoms with E-state index >= 15 is 0 Å². The Morgan fingerprint density at radius 3 is 2.40 bits per heavy atom. The zero-order valence-corrected chi connectivity index (χ0v) is 13.1. The second kappa shape index (κ2) is 5.88. The van der Waals surface area contributed by atoms with Crippen molar-refractivity contribution in [1.82, 2.24) is 10.3 Å². The van der Waals surface area contributed by atoms with Gasteiger partial charge in [-0.05, 0) is 6.92 Å². The zero-order chi connectivity index (χ0) is 15.6. The highest BCUT2D eigenvalue weighted by molar-refractivity contribution is 7.10. The van der Waals surface area contributed by atoms with Gasteiger partial charge in [0.1, 0.15) is 5.69 Å². The Hall–Kier alpha value is -1.47. The molecule has 0 saturated heterocycles. The average Bonchev–Trinajstić information content (AvgIpc) is 2.77. The Morgan fingerprint density at radius 2 is 2.00 bits per heavy atom. The largest absolute Gasteiger partial charge is 0.479 e. The Morgan fingerprint density at radius 1 is 1.40 bits per heavy atom. The Labute approximate surface area is 122 Å². The van der Waals surface area contributed by atoms with Crippen LogP contribution in [-0.2, 0) is 14.9 Å². The van der Waals surface area contributed by atoms with E-state index in [0.29, 0.717) is 0 Å². The van der Waals surface area contributed by atoms with E-state index in [4.69, 9.17) is 4.74 Å². The number of carbonyl (C=O) groups is 2. The molecule has 1 aromatic rings. The van der Waals surface area contributed by atoms with E-state index in [9.17, 15) is 14.7 Å². The SMILES string of the molecule is COCC(C)(NC(=O)c1csc(C(C)(C)C)n1)C(=O)O. The number of methoxy groups -OCH3 is 1. The highest BCUT2D eigenvalue weighted by atomic mass is 32.1. The first-order chi connectivity index (χ1) is 9.10. The van der Waals surface area contributed by atoms with Gasteiger partial charge in [-0.15, -0.1) is 11.3 Å². The minimum atomic E-state index is -1.47. The molecule has 112 valence electrons. The smallest absolute Gasteiger partial charge is 0.331 e. The molecule has 0 aliphatic heterocycles. The number of rotatable bonds is 5. The maximum absolute atomic E-state index is 12.1. The predicted octanol–water partition coefficient (Wildman–Crippen LogP) is 1.66. The van der Waals surface area contributed by atoms with Gasteiger partial charge in [-0.3, -0.25) is 4.79 Å². The topological polar surface area (TPSA) is 88.5 Å². The van der Waals surface area contributed by atoms with Crippen LogP contribution in [-0.4, -0.2) is 41.2 Å². The van der Waals surface area contributed by atoms with Gasteiger partial charge in [0.25, 0.3) is 5.91 Å². The molecule has 1 amide bonds. The minimum absolute atomic E-state index is 0.121. The van der Waals surface area contributed by atoms with Crippen LogP contribution in [0.3, 0.4) is 0 Å². The van der Waals surface area contributed by atoms with E-state index in [-0.39, 0.29) is 17.7 Å². The van der Waals surface area contributed by atoms with Crippen molar-refractivity contribution in [1.29, 1.82) is 0 Å². The molecule has 0 aliphatic rings. The third kappa shape index (κ3) is 3.77. The maximum atomic E-state index is 12.1. The van der Waals surface area contributed by atoms with Crippen LogP contribution in [0.5, 0.6) is 0 Å². The average molecular weight is 300 g/mol. The molecule has 1 heterocycles. The van der Waals surface area contributed by atoms with Crippen LogP contribution in [0.1, 0.15) is 43.2 Å². The molecular weight excluding hydrogens is 280 g/mol. The molecule has 7 heteroatoms. The summed E-state index contributed by atoms with van der Waals surface area (Å²) in [6.07, 6.45) is 0. The second-order valence-corrected chi connectivity index (χ2v) is 6.67. The molecular formula is C13H20N2O4S. The summed E-state index contributed by atoms with van der Waals surface area (Å²) in [5.41, 5.74) is -1.40. The molecule has 0 aromatic carbocycles. The van der Waals surface area contributed by atoms with Crippen LogP contribution in [0.15, 0.2) is 5.38 Å². The maximum Gasteiger partial charge on any atom is 0.331 e. The number of ether oxygens (including phenoxy) is 1. The van der Waals surface area contributed by atoms with Crippen LogP contribution in [0.4, 0.5) is 0 Å².